The van der Waals surface area contributed by atoms with Crippen LogP contribution in [0.5, 0.6) is 0 Å². The number of pyridine rings is 2. The minimum absolute atomic E-state index is 0.0132. The molecule has 0 radical (unpaired) electrons. The summed E-state index contributed by atoms with van der Waals surface area (Å²) in [5, 5.41) is 50.6. The van der Waals surface area contributed by atoms with Crippen molar-refractivity contribution < 1.29 is 86.7 Å². The molecule has 5 aliphatic rings. The Kier molecular flexibility index (Phi) is 20.4. The van der Waals surface area contributed by atoms with Crippen LogP contribution in [-0.4, -0.2) is 170 Å². The number of imide groups is 1. The van der Waals surface area contributed by atoms with Gasteiger partial charge in [0.05, 0.1) is 64.6 Å². The Bertz CT molecular complexity index is 3500. The van der Waals surface area contributed by atoms with E-state index in [0.29, 0.717) is 32.7 Å². The molecule has 3 aromatic rings. The van der Waals surface area contributed by atoms with Crippen LogP contribution >= 0.6 is 11.6 Å². The number of aliphatic hydroxyl groups is 3. The smallest absolute Gasteiger partial charge is 0.343 e. The number of hydrogen-bond donors (Lipinski definition) is 11. The fourth-order valence-corrected chi connectivity index (χ4v) is 11.5. The molecule has 0 bridgehead atoms. The molecule has 1 aromatic carbocycles. The number of aromatic nitrogens is 2. The Morgan fingerprint density at radius 1 is 0.888 bits per heavy atom. The number of cyclic esters (lactones) is 1. The van der Waals surface area contributed by atoms with Crippen molar-refractivity contribution in [3.05, 3.63) is 73.3 Å². The molecule has 0 saturated carbocycles. The Morgan fingerprint density at radius 3 is 2.26 bits per heavy atom. The van der Waals surface area contributed by atoms with Crippen LogP contribution in [0.25, 0.3) is 22.3 Å². The van der Waals surface area contributed by atoms with Crippen molar-refractivity contribution in [3.8, 4) is 11.4 Å². The fourth-order valence-electron chi connectivity index (χ4n) is 11.2. The summed E-state index contributed by atoms with van der Waals surface area (Å²) in [6, 6.07) is -2.07. The lowest BCUT2D eigenvalue weighted by Gasteiger charge is -2.32. The molecule has 10 amide bonds. The van der Waals surface area contributed by atoms with E-state index in [1.165, 1.54) is 23.6 Å². The predicted molar refractivity (Wildman–Crippen MR) is 308 cm³/mol. The van der Waals surface area contributed by atoms with Crippen molar-refractivity contribution in [2.45, 2.75) is 154 Å². The van der Waals surface area contributed by atoms with E-state index in [2.05, 4.69) is 37.2 Å². The van der Waals surface area contributed by atoms with Crippen molar-refractivity contribution in [1.29, 1.82) is 0 Å². The van der Waals surface area contributed by atoms with Gasteiger partial charge in [0.2, 0.25) is 47.3 Å². The monoisotopic (exact) mass is 1260 g/mol. The molecule has 0 spiro atoms. The van der Waals surface area contributed by atoms with Gasteiger partial charge in [0.1, 0.15) is 62.1 Å². The van der Waals surface area contributed by atoms with E-state index >= 15 is 4.39 Å². The standard InChI is InChI=1S/C58H71ClFN11O18/c1-7-58(86)30-16-35-48-28(20-70(35)54(83)29(30)22-88-56(58)85)45-32(9-8-27-44(45)34(67-48)17-31(60)46(27)59)68-55(84)57(5,6)23-87-24-64-51(80)26(4)65-53(82)47(25(2)3)69-52(81)33(66-40(74)14-15-62-41(75)21-71-42(76)12-13-43(71)77)10-11-39(73)63-19-37-50(79)49(78)36(89-37)18-38(61)72/h12-13,16-17,25-26,32-33,36-37,47,49-50,78-79,86H,7-11,14-15,18-24H2,1-6H3,(H2,61,72)(H,62,75)(H,63,73)(H,64,80)(H,65,82)(H,66,74)(H,68,84)(H,69,81)/t26-,32-,33-,36-,37+,47-,49-,50+,58-/m0/s1. The highest BCUT2D eigenvalue weighted by molar-refractivity contribution is 6.32. The van der Waals surface area contributed by atoms with Crippen molar-refractivity contribution in [2.24, 2.45) is 17.1 Å². The van der Waals surface area contributed by atoms with Gasteiger partial charge in [0.25, 0.3) is 17.4 Å². The second-order valence-corrected chi connectivity index (χ2v) is 23.8. The highest BCUT2D eigenvalue weighted by Crippen LogP contribution is 2.47. The Hall–Kier alpha value is -8.29. The first kappa shape index (κ1) is 66.7. The van der Waals surface area contributed by atoms with Crippen LogP contribution in [0.3, 0.4) is 0 Å². The average Bonchev–Trinajstić information content (AvgIpc) is 1.65. The van der Waals surface area contributed by atoms with Gasteiger partial charge in [-0.1, -0.05) is 32.4 Å². The van der Waals surface area contributed by atoms with E-state index in [4.69, 9.17) is 36.5 Å². The number of ether oxygens (including phenoxy) is 3. The van der Waals surface area contributed by atoms with E-state index in [-0.39, 0.29) is 85.9 Å². The van der Waals surface area contributed by atoms with E-state index in [1.54, 1.807) is 34.6 Å². The van der Waals surface area contributed by atoms with Gasteiger partial charge in [-0.25, -0.2) is 14.2 Å². The van der Waals surface area contributed by atoms with Crippen molar-refractivity contribution in [1.82, 2.24) is 51.7 Å². The fraction of sp³-hybridized carbons (Fsp3) is 0.534. The van der Waals surface area contributed by atoms with Gasteiger partial charge in [-0.05, 0) is 69.6 Å². The van der Waals surface area contributed by atoms with Gasteiger partial charge in [0, 0.05) is 60.7 Å². The molecule has 1 saturated heterocycles. The molecular weight excluding hydrogens is 1190 g/mol. The molecule has 0 unspecified atom stereocenters. The van der Waals surface area contributed by atoms with Gasteiger partial charge in [-0.2, -0.15) is 0 Å². The number of primary amides is 1. The molecular formula is C58H71ClFN11O18. The number of aryl methyl sites for hydroxylation is 1. The number of esters is 1. The first-order valence-electron chi connectivity index (χ1n) is 28.9. The zero-order chi connectivity index (χ0) is 65.1. The third kappa shape index (κ3) is 14.3. The number of benzene rings is 1. The number of carbonyl (C=O) groups excluding carboxylic acids is 11. The molecule has 29 nitrogen and oxygen atoms in total. The number of aliphatic hydroxyl groups excluding tert-OH is 2. The zero-order valence-electron chi connectivity index (χ0n) is 49.5. The second kappa shape index (κ2) is 27.2. The average molecular weight is 1260 g/mol. The van der Waals surface area contributed by atoms with Crippen LogP contribution in [0, 0.1) is 17.2 Å². The summed E-state index contributed by atoms with van der Waals surface area (Å²) in [6.07, 6.45) is -4.42. The SMILES string of the molecule is CC[C@@]1(O)C(=O)OCc2c1cc1n(c2=O)Cc2c-1nc1cc(F)c(Cl)c3c1c2[C@@H](NC(=O)C(C)(C)COCNC(=O)[C@H](C)NC(=O)[C@@H](NC(=O)[C@H](CCC(=O)NC[C@H]1O[C@@H](CC(N)=O)[C@H](O)[C@@H]1O)NC(=O)CCNC(=O)CN1C(=O)C=CC1=O)C(C)C)CC3. The van der Waals surface area contributed by atoms with Gasteiger partial charge in [-0.3, -0.25) is 57.6 Å². The van der Waals surface area contributed by atoms with Gasteiger partial charge in [-0.15, -0.1) is 0 Å². The summed E-state index contributed by atoms with van der Waals surface area (Å²) in [6.45, 7) is 7.03. The summed E-state index contributed by atoms with van der Waals surface area (Å²) in [5.41, 5.74) is 3.89. The number of fused-ring (bicyclic) bond motifs is 5. The number of nitrogens with one attached hydrogen (secondary N) is 7. The molecule has 4 aliphatic heterocycles. The number of carbonyl (C=O) groups is 11. The third-order valence-corrected chi connectivity index (χ3v) is 16.7. The summed E-state index contributed by atoms with van der Waals surface area (Å²) < 4.78 is 33.3. The number of rotatable bonds is 26. The Balaban J connectivity index is 0.862. The number of halogens is 2. The summed E-state index contributed by atoms with van der Waals surface area (Å²) in [4.78, 5) is 162. The molecule has 1 aliphatic carbocycles. The summed E-state index contributed by atoms with van der Waals surface area (Å²) >= 11 is 6.55. The molecule has 89 heavy (non-hydrogen) atoms. The highest BCUT2D eigenvalue weighted by atomic mass is 35.5. The van der Waals surface area contributed by atoms with Crippen molar-refractivity contribution in [3.63, 3.8) is 0 Å². The number of nitrogens with zero attached hydrogens (tertiary/aromatic N) is 3. The molecule has 480 valence electrons. The lowest BCUT2D eigenvalue weighted by Crippen LogP contribution is -2.58. The number of amides is 10. The molecule has 1 fully saturated rings. The lowest BCUT2D eigenvalue weighted by atomic mass is 9.82. The van der Waals surface area contributed by atoms with Crippen molar-refractivity contribution >= 4 is 87.5 Å². The first-order valence-corrected chi connectivity index (χ1v) is 29.3. The Labute approximate surface area is 512 Å². The van der Waals surface area contributed by atoms with Gasteiger partial charge >= 0.3 is 5.97 Å². The quantitative estimate of drug-likeness (QED) is 0.0139. The topological polar surface area (TPSA) is 425 Å². The van der Waals surface area contributed by atoms with E-state index in [9.17, 15) is 72.9 Å². The minimum atomic E-state index is -2.10. The van der Waals surface area contributed by atoms with Gasteiger partial charge in [0.15, 0.2) is 5.60 Å². The summed E-state index contributed by atoms with van der Waals surface area (Å²) in [5.74, 6) is -9.66. The summed E-state index contributed by atoms with van der Waals surface area (Å²) in [7, 11) is 0. The molecule has 31 heteroatoms. The number of nitrogens with two attached hydrogens (primary N) is 1. The van der Waals surface area contributed by atoms with E-state index < -0.39 is 174 Å². The van der Waals surface area contributed by atoms with Gasteiger partial charge < -0.3 is 77.0 Å². The molecule has 12 N–H and O–H groups in total. The van der Waals surface area contributed by atoms with Crippen LogP contribution in [0.1, 0.15) is 114 Å². The zero-order valence-corrected chi connectivity index (χ0v) is 50.3. The maximum Gasteiger partial charge on any atom is 0.343 e. The maximum atomic E-state index is 15.4. The molecule has 6 heterocycles. The van der Waals surface area contributed by atoms with Crippen LogP contribution in [0.15, 0.2) is 29.1 Å². The normalized spacial score (nSPS) is 21.7. The van der Waals surface area contributed by atoms with Crippen LogP contribution in [-0.2, 0) is 92.1 Å². The largest absolute Gasteiger partial charge is 0.458 e. The lowest BCUT2D eigenvalue weighted by molar-refractivity contribution is -0.172. The molecule has 2 aromatic heterocycles. The van der Waals surface area contributed by atoms with E-state index in [0.717, 1.165) is 12.2 Å². The Morgan fingerprint density at radius 2 is 1.58 bits per heavy atom. The predicted octanol–water partition coefficient (Wildman–Crippen LogP) is -2.09. The van der Waals surface area contributed by atoms with Crippen LogP contribution < -0.4 is 48.5 Å². The van der Waals surface area contributed by atoms with Crippen LogP contribution in [0.4, 0.5) is 4.39 Å². The number of hydrogen-bond acceptors (Lipinski definition) is 19. The maximum absolute atomic E-state index is 15.4. The molecule has 8 rings (SSSR count). The van der Waals surface area contributed by atoms with Crippen molar-refractivity contribution in [2.75, 3.05) is 33.0 Å². The van der Waals surface area contributed by atoms with E-state index in [1.807, 2.05) is 0 Å². The highest BCUT2D eigenvalue weighted by Gasteiger charge is 2.47. The van der Waals surface area contributed by atoms with Crippen LogP contribution in [0.2, 0.25) is 5.02 Å². The third-order valence-electron chi connectivity index (χ3n) is 16.3. The molecule has 9 atom stereocenters. The first-order chi connectivity index (χ1) is 41.9. The minimum Gasteiger partial charge on any atom is -0.458 e. The second-order valence-electron chi connectivity index (χ2n) is 23.5.